The Labute approximate surface area is 83.7 Å². The number of ketones is 1. The Kier molecular flexibility index (Phi) is 18.6. The predicted molar refractivity (Wildman–Crippen MR) is 52.2 cm³/mol. The molecule has 0 saturated heterocycles. The summed E-state index contributed by atoms with van der Waals surface area (Å²) < 4.78 is 0. The lowest BCUT2D eigenvalue weighted by molar-refractivity contribution is -0.137. The minimum atomic E-state index is -0.833. The maximum absolute atomic E-state index is 9.60. The third-order valence-corrected chi connectivity index (χ3v) is 0.464. The fourth-order valence-electron chi connectivity index (χ4n) is 0.214. The summed E-state index contributed by atoms with van der Waals surface area (Å²) in [4.78, 5) is 28.0. The zero-order chi connectivity index (χ0) is 12.1. The van der Waals surface area contributed by atoms with E-state index >= 15 is 0 Å². The number of hydrogen-bond donors (Lipinski definition) is 2. The number of aliphatic carboxylic acids is 2. The molecule has 0 heterocycles. The van der Waals surface area contributed by atoms with Gasteiger partial charge in [-0.25, -0.2) is 0 Å². The average Bonchev–Trinajstić information content (AvgIpc) is 1.82. The fraction of sp³-hybridized carbons (Fsp3) is 0.667. The molecule has 5 nitrogen and oxygen atoms in total. The zero-order valence-electron chi connectivity index (χ0n) is 9.03. The van der Waals surface area contributed by atoms with Gasteiger partial charge in [-0.3, -0.25) is 9.59 Å². The van der Waals surface area contributed by atoms with Crippen molar-refractivity contribution in [3.8, 4) is 0 Å². The highest BCUT2D eigenvalue weighted by atomic mass is 16.4. The molecule has 0 rings (SSSR count). The smallest absolute Gasteiger partial charge is 0.303 e. The molecule has 84 valence electrons. The number of carbonyl (C=O) groups is 3. The van der Waals surface area contributed by atoms with E-state index in [0.717, 1.165) is 13.3 Å². The summed E-state index contributed by atoms with van der Waals surface area (Å²) in [7, 11) is 0. The normalized spacial score (nSPS) is 7.14. The van der Waals surface area contributed by atoms with Crippen molar-refractivity contribution in [3.63, 3.8) is 0 Å². The van der Waals surface area contributed by atoms with E-state index in [4.69, 9.17) is 15.0 Å². The van der Waals surface area contributed by atoms with E-state index in [1.54, 1.807) is 0 Å². The van der Waals surface area contributed by atoms with Gasteiger partial charge in [-0.15, -0.1) is 0 Å². The van der Waals surface area contributed by atoms with Crippen molar-refractivity contribution < 1.29 is 24.6 Å². The molecule has 0 spiro atoms. The van der Waals surface area contributed by atoms with Crippen molar-refractivity contribution >= 4 is 17.7 Å². The van der Waals surface area contributed by atoms with E-state index in [-0.39, 0.29) is 5.78 Å². The first-order chi connectivity index (χ1) is 6.23. The molecule has 0 saturated carbocycles. The van der Waals surface area contributed by atoms with Crippen LogP contribution in [0, 0.1) is 0 Å². The molecular weight excluding hydrogens is 188 g/mol. The number of carboxylic acids is 2. The van der Waals surface area contributed by atoms with Crippen molar-refractivity contribution in [2.24, 2.45) is 0 Å². The number of rotatable bonds is 2. The SMILES string of the molecule is CC(=O)O.CC(C)=O.CCCC(=O)O. The second-order valence-corrected chi connectivity index (χ2v) is 2.57. The average molecular weight is 206 g/mol. The molecule has 0 unspecified atom stereocenters. The van der Waals surface area contributed by atoms with Gasteiger partial charge in [0.1, 0.15) is 5.78 Å². The predicted octanol–water partition coefficient (Wildman–Crippen LogP) is 1.56. The Balaban J connectivity index is -0.000000135. The molecule has 0 aromatic heterocycles. The van der Waals surface area contributed by atoms with Crippen LogP contribution >= 0.6 is 0 Å². The van der Waals surface area contributed by atoms with Crippen LogP contribution in [0.2, 0.25) is 0 Å². The maximum atomic E-state index is 9.60. The quantitative estimate of drug-likeness (QED) is 0.715. The third kappa shape index (κ3) is 378. The molecule has 0 atom stereocenters. The Bertz CT molecular complexity index is 154. The van der Waals surface area contributed by atoms with E-state index in [0.29, 0.717) is 6.42 Å². The van der Waals surface area contributed by atoms with Gasteiger partial charge < -0.3 is 15.0 Å². The minimum absolute atomic E-state index is 0.167. The first-order valence-electron chi connectivity index (χ1n) is 4.12. The summed E-state index contributed by atoms with van der Waals surface area (Å²) in [6.07, 6.45) is 1.02. The molecule has 0 bridgehead atoms. The van der Waals surface area contributed by atoms with E-state index in [1.807, 2.05) is 6.92 Å². The summed E-state index contributed by atoms with van der Waals surface area (Å²) in [6.45, 7) is 5.98. The monoisotopic (exact) mass is 206 g/mol. The number of carboxylic acid groups (broad SMARTS) is 2. The van der Waals surface area contributed by atoms with Crippen molar-refractivity contribution in [2.45, 2.75) is 40.5 Å². The van der Waals surface area contributed by atoms with Gasteiger partial charge in [0.25, 0.3) is 5.97 Å². The van der Waals surface area contributed by atoms with Gasteiger partial charge in [0, 0.05) is 13.3 Å². The zero-order valence-corrected chi connectivity index (χ0v) is 9.03. The van der Waals surface area contributed by atoms with Crippen LogP contribution in [0.4, 0.5) is 0 Å². The fourth-order valence-corrected chi connectivity index (χ4v) is 0.214. The van der Waals surface area contributed by atoms with E-state index in [1.165, 1.54) is 13.8 Å². The molecule has 0 aliphatic rings. The van der Waals surface area contributed by atoms with Gasteiger partial charge in [-0.1, -0.05) is 6.92 Å². The lowest BCUT2D eigenvalue weighted by Gasteiger charge is -1.79. The number of Topliss-reactive ketones (excluding diaryl/α,β-unsaturated/α-hetero) is 1. The van der Waals surface area contributed by atoms with Crippen molar-refractivity contribution in [1.29, 1.82) is 0 Å². The second kappa shape index (κ2) is 14.2. The molecule has 0 aliphatic heterocycles. The Morgan fingerprint density at radius 2 is 1.21 bits per heavy atom. The second-order valence-electron chi connectivity index (χ2n) is 2.57. The molecular formula is C9H18O5. The Hall–Kier alpha value is -1.39. The molecule has 0 radical (unpaired) electrons. The van der Waals surface area contributed by atoms with Crippen molar-refractivity contribution in [1.82, 2.24) is 0 Å². The molecule has 2 N–H and O–H groups in total. The maximum Gasteiger partial charge on any atom is 0.303 e. The summed E-state index contributed by atoms with van der Waals surface area (Å²) in [5.74, 6) is -1.38. The van der Waals surface area contributed by atoms with E-state index < -0.39 is 11.9 Å². The van der Waals surface area contributed by atoms with Crippen LogP contribution in [0.1, 0.15) is 40.5 Å². The van der Waals surface area contributed by atoms with E-state index in [9.17, 15) is 9.59 Å². The van der Waals surface area contributed by atoms with Gasteiger partial charge in [0.05, 0.1) is 0 Å². The summed E-state index contributed by atoms with van der Waals surface area (Å²) in [6, 6.07) is 0. The molecule has 14 heavy (non-hydrogen) atoms. The molecule has 0 aromatic carbocycles. The topological polar surface area (TPSA) is 91.7 Å². The third-order valence-electron chi connectivity index (χ3n) is 0.464. The van der Waals surface area contributed by atoms with Crippen LogP contribution in [0.25, 0.3) is 0 Å². The van der Waals surface area contributed by atoms with Gasteiger partial charge in [-0.2, -0.15) is 0 Å². The summed E-state index contributed by atoms with van der Waals surface area (Å²) in [5, 5.41) is 15.3. The number of carbonyl (C=O) groups excluding carboxylic acids is 1. The Morgan fingerprint density at radius 1 is 1.00 bits per heavy atom. The van der Waals surface area contributed by atoms with Gasteiger partial charge in [0.2, 0.25) is 0 Å². The molecule has 5 heteroatoms. The highest BCUT2D eigenvalue weighted by Gasteiger charge is 1.87. The Morgan fingerprint density at radius 3 is 1.21 bits per heavy atom. The van der Waals surface area contributed by atoms with Crippen LogP contribution in [-0.4, -0.2) is 27.9 Å². The highest BCUT2D eigenvalue weighted by molar-refractivity contribution is 5.72. The lowest BCUT2D eigenvalue weighted by Crippen LogP contribution is -1.90. The van der Waals surface area contributed by atoms with Crippen molar-refractivity contribution in [2.75, 3.05) is 0 Å². The first-order valence-corrected chi connectivity index (χ1v) is 4.12. The number of hydrogen-bond acceptors (Lipinski definition) is 3. The van der Waals surface area contributed by atoms with Crippen LogP contribution in [-0.2, 0) is 14.4 Å². The largest absolute Gasteiger partial charge is 0.481 e. The first kappa shape index (κ1) is 18.4. The van der Waals surface area contributed by atoms with Crippen LogP contribution in [0.5, 0.6) is 0 Å². The van der Waals surface area contributed by atoms with E-state index in [2.05, 4.69) is 0 Å². The molecule has 0 aromatic rings. The van der Waals surface area contributed by atoms with Gasteiger partial charge in [-0.05, 0) is 20.3 Å². The van der Waals surface area contributed by atoms with Gasteiger partial charge in [0.15, 0.2) is 0 Å². The van der Waals surface area contributed by atoms with Crippen LogP contribution in [0.3, 0.4) is 0 Å². The van der Waals surface area contributed by atoms with Crippen LogP contribution < -0.4 is 0 Å². The van der Waals surface area contributed by atoms with Crippen molar-refractivity contribution in [3.05, 3.63) is 0 Å². The standard InChI is InChI=1S/C4H8O2.C3H6O.C2H4O2/c1-2-3-4(5)6;1-3(2)4;1-2(3)4/h2-3H2,1H3,(H,5,6);1-2H3;1H3,(H,3,4). The highest BCUT2D eigenvalue weighted by Crippen LogP contribution is 1.82. The summed E-state index contributed by atoms with van der Waals surface area (Å²) in [5.41, 5.74) is 0. The molecule has 0 fully saturated rings. The lowest BCUT2D eigenvalue weighted by atomic mass is 10.4. The molecule has 0 amide bonds. The van der Waals surface area contributed by atoms with Gasteiger partial charge >= 0.3 is 5.97 Å². The van der Waals surface area contributed by atoms with Crippen LogP contribution in [0.15, 0.2) is 0 Å². The minimum Gasteiger partial charge on any atom is -0.481 e. The molecule has 0 aliphatic carbocycles. The summed E-state index contributed by atoms with van der Waals surface area (Å²) >= 11 is 0.